The Morgan fingerprint density at radius 1 is 0.438 bits per heavy atom. The standard InChI is InChI=1S/C45H30N2O/c1-3-11-31(12-4-1)32-20-22-33(23-21-32)34-24-27-37(28-25-34)47(40-18-8-7-16-38(40)35-13-5-2-6-14-35)41-19-9-17-39-43-42(48-45(39)41)29-26-36-15-10-30-46-44(36)43/h1-30H. The van der Waals surface area contributed by atoms with Crippen molar-refractivity contribution in [2.24, 2.45) is 0 Å². The van der Waals surface area contributed by atoms with Crippen molar-refractivity contribution < 1.29 is 4.42 Å². The Kier molecular flexibility index (Phi) is 6.80. The van der Waals surface area contributed by atoms with Gasteiger partial charge in [-0.15, -0.1) is 0 Å². The van der Waals surface area contributed by atoms with Crippen molar-refractivity contribution in [3.05, 3.63) is 182 Å². The first-order valence-electron chi connectivity index (χ1n) is 16.2. The van der Waals surface area contributed by atoms with E-state index in [9.17, 15) is 0 Å². The van der Waals surface area contributed by atoms with Crippen LogP contribution in [0, 0.1) is 0 Å². The molecule has 0 amide bonds. The minimum absolute atomic E-state index is 0.828. The van der Waals surface area contributed by atoms with Crippen molar-refractivity contribution >= 4 is 49.9 Å². The number of nitrogens with zero attached hydrogens (tertiary/aromatic N) is 2. The van der Waals surface area contributed by atoms with Crippen LogP contribution in [0.4, 0.5) is 17.1 Å². The van der Waals surface area contributed by atoms with Gasteiger partial charge in [-0.3, -0.25) is 4.98 Å². The number of pyridine rings is 1. The highest BCUT2D eigenvalue weighted by molar-refractivity contribution is 6.19. The van der Waals surface area contributed by atoms with E-state index in [2.05, 4.69) is 175 Å². The fraction of sp³-hybridized carbons (Fsp3) is 0. The van der Waals surface area contributed by atoms with E-state index >= 15 is 0 Å². The molecule has 2 aromatic heterocycles. The van der Waals surface area contributed by atoms with Crippen LogP contribution in [0.15, 0.2) is 187 Å². The number of furan rings is 1. The van der Waals surface area contributed by atoms with Crippen LogP contribution in [0.2, 0.25) is 0 Å². The summed E-state index contributed by atoms with van der Waals surface area (Å²) in [6.07, 6.45) is 1.85. The molecule has 0 aliphatic carbocycles. The zero-order valence-corrected chi connectivity index (χ0v) is 26.1. The summed E-state index contributed by atoms with van der Waals surface area (Å²) in [7, 11) is 0. The Balaban J connectivity index is 1.21. The maximum absolute atomic E-state index is 6.72. The monoisotopic (exact) mass is 614 g/mol. The summed E-state index contributed by atoms with van der Waals surface area (Å²) in [6, 6.07) is 61.9. The average molecular weight is 615 g/mol. The van der Waals surface area contributed by atoms with Crippen LogP contribution < -0.4 is 4.90 Å². The molecular weight excluding hydrogens is 585 g/mol. The van der Waals surface area contributed by atoms with Crippen molar-refractivity contribution in [3.8, 4) is 33.4 Å². The predicted molar refractivity (Wildman–Crippen MR) is 200 cm³/mol. The molecule has 0 aliphatic rings. The van der Waals surface area contributed by atoms with Crippen LogP contribution in [-0.4, -0.2) is 4.98 Å². The number of para-hydroxylation sites is 2. The van der Waals surface area contributed by atoms with Gasteiger partial charge < -0.3 is 9.32 Å². The number of aromatic nitrogens is 1. The molecule has 0 radical (unpaired) electrons. The Hall–Kier alpha value is -6.45. The lowest BCUT2D eigenvalue weighted by molar-refractivity contribution is 0.669. The van der Waals surface area contributed by atoms with Crippen molar-refractivity contribution in [1.29, 1.82) is 0 Å². The fourth-order valence-electron chi connectivity index (χ4n) is 6.81. The normalized spacial score (nSPS) is 11.3. The first kappa shape index (κ1) is 27.8. The number of anilines is 3. The Morgan fingerprint density at radius 2 is 1.04 bits per heavy atom. The Bertz CT molecular complexity index is 2540. The Morgan fingerprint density at radius 3 is 1.77 bits per heavy atom. The van der Waals surface area contributed by atoms with E-state index in [-0.39, 0.29) is 0 Å². The van der Waals surface area contributed by atoms with Gasteiger partial charge in [0.15, 0.2) is 5.58 Å². The minimum Gasteiger partial charge on any atom is -0.454 e. The van der Waals surface area contributed by atoms with Gasteiger partial charge in [-0.1, -0.05) is 133 Å². The maximum atomic E-state index is 6.72. The molecule has 9 aromatic rings. The summed E-state index contributed by atoms with van der Waals surface area (Å²) in [4.78, 5) is 7.09. The van der Waals surface area contributed by atoms with Crippen LogP contribution in [0.1, 0.15) is 0 Å². The number of fused-ring (bicyclic) bond motifs is 5. The minimum atomic E-state index is 0.828. The zero-order valence-electron chi connectivity index (χ0n) is 26.1. The second kappa shape index (κ2) is 11.7. The number of rotatable bonds is 6. The first-order valence-corrected chi connectivity index (χ1v) is 16.2. The first-order chi connectivity index (χ1) is 23.8. The highest BCUT2D eigenvalue weighted by Crippen LogP contribution is 2.46. The summed E-state index contributed by atoms with van der Waals surface area (Å²) in [5, 5.41) is 3.18. The zero-order chi connectivity index (χ0) is 31.9. The summed E-state index contributed by atoms with van der Waals surface area (Å²) in [6.45, 7) is 0. The second-order valence-electron chi connectivity index (χ2n) is 12.0. The molecule has 0 fully saturated rings. The molecule has 2 heterocycles. The SMILES string of the molecule is c1ccc(-c2ccc(-c3ccc(N(c4ccccc4-c4ccccc4)c4cccc5c4oc4ccc6cccnc6c45)cc3)cc2)cc1. The predicted octanol–water partition coefficient (Wildman–Crippen LogP) is 12.6. The third-order valence-electron chi connectivity index (χ3n) is 9.13. The molecule has 3 nitrogen and oxygen atoms in total. The van der Waals surface area contributed by atoms with Gasteiger partial charge >= 0.3 is 0 Å². The summed E-state index contributed by atoms with van der Waals surface area (Å²) >= 11 is 0. The molecule has 0 N–H and O–H groups in total. The van der Waals surface area contributed by atoms with Gasteiger partial charge in [0.25, 0.3) is 0 Å². The highest BCUT2D eigenvalue weighted by atomic mass is 16.3. The average Bonchev–Trinajstić information content (AvgIpc) is 3.56. The van der Waals surface area contributed by atoms with Gasteiger partial charge in [0.2, 0.25) is 0 Å². The van der Waals surface area contributed by atoms with Gasteiger partial charge in [-0.25, -0.2) is 0 Å². The summed E-state index contributed by atoms with van der Waals surface area (Å²) in [5.74, 6) is 0. The molecule has 0 atom stereocenters. The molecular formula is C45H30N2O. The van der Waals surface area contributed by atoms with Crippen molar-refractivity contribution in [2.75, 3.05) is 4.90 Å². The van der Waals surface area contributed by atoms with E-state index in [4.69, 9.17) is 9.40 Å². The van der Waals surface area contributed by atoms with Crippen LogP contribution in [0.25, 0.3) is 66.2 Å². The lowest BCUT2D eigenvalue weighted by atomic mass is 9.99. The lowest BCUT2D eigenvalue weighted by Crippen LogP contribution is -2.11. The van der Waals surface area contributed by atoms with Crippen LogP contribution in [-0.2, 0) is 0 Å². The molecule has 0 unspecified atom stereocenters. The molecule has 9 rings (SSSR count). The molecule has 0 bridgehead atoms. The number of benzene rings is 7. The third-order valence-corrected chi connectivity index (χ3v) is 9.13. The van der Waals surface area contributed by atoms with E-state index in [1.807, 2.05) is 12.3 Å². The molecule has 7 aromatic carbocycles. The van der Waals surface area contributed by atoms with Gasteiger partial charge in [0.05, 0.1) is 22.3 Å². The van der Waals surface area contributed by atoms with Gasteiger partial charge in [-0.2, -0.15) is 0 Å². The lowest BCUT2D eigenvalue weighted by Gasteiger charge is -2.28. The molecule has 0 spiro atoms. The van der Waals surface area contributed by atoms with E-state index in [0.717, 1.165) is 66.6 Å². The van der Waals surface area contributed by atoms with E-state index < -0.39 is 0 Å². The summed E-state index contributed by atoms with van der Waals surface area (Å²) < 4.78 is 6.72. The van der Waals surface area contributed by atoms with E-state index in [1.54, 1.807) is 0 Å². The number of hydrogen-bond acceptors (Lipinski definition) is 3. The molecule has 0 saturated carbocycles. The summed E-state index contributed by atoms with van der Waals surface area (Å²) in [5.41, 5.74) is 12.7. The topological polar surface area (TPSA) is 29.3 Å². The molecule has 226 valence electrons. The smallest absolute Gasteiger partial charge is 0.159 e. The number of hydrogen-bond donors (Lipinski definition) is 0. The molecule has 0 aliphatic heterocycles. The van der Waals surface area contributed by atoms with Crippen LogP contribution >= 0.6 is 0 Å². The fourth-order valence-corrected chi connectivity index (χ4v) is 6.81. The van der Waals surface area contributed by atoms with Crippen LogP contribution in [0.3, 0.4) is 0 Å². The van der Waals surface area contributed by atoms with Gasteiger partial charge in [0.1, 0.15) is 5.58 Å². The van der Waals surface area contributed by atoms with Crippen molar-refractivity contribution in [3.63, 3.8) is 0 Å². The largest absolute Gasteiger partial charge is 0.454 e. The van der Waals surface area contributed by atoms with Crippen molar-refractivity contribution in [2.45, 2.75) is 0 Å². The molecule has 0 saturated heterocycles. The van der Waals surface area contributed by atoms with Gasteiger partial charge in [-0.05, 0) is 70.3 Å². The van der Waals surface area contributed by atoms with Gasteiger partial charge in [0, 0.05) is 28.2 Å². The molecule has 48 heavy (non-hydrogen) atoms. The van der Waals surface area contributed by atoms with E-state index in [0.29, 0.717) is 0 Å². The highest BCUT2D eigenvalue weighted by Gasteiger charge is 2.22. The van der Waals surface area contributed by atoms with E-state index in [1.165, 1.54) is 16.7 Å². The third kappa shape index (κ3) is 4.81. The van der Waals surface area contributed by atoms with Crippen LogP contribution in [0.5, 0.6) is 0 Å². The quantitative estimate of drug-likeness (QED) is 0.187. The maximum Gasteiger partial charge on any atom is 0.159 e. The second-order valence-corrected chi connectivity index (χ2v) is 12.0. The molecule has 3 heteroatoms. The van der Waals surface area contributed by atoms with Crippen molar-refractivity contribution in [1.82, 2.24) is 4.98 Å². The Labute approximate surface area is 279 Å².